The molecule has 1 aromatic carbocycles. The van der Waals surface area contributed by atoms with Gasteiger partial charge in [0.05, 0.1) is 13.2 Å². The number of benzene rings is 1. The predicted octanol–water partition coefficient (Wildman–Crippen LogP) is 0.740. The van der Waals surface area contributed by atoms with Gasteiger partial charge in [-0.3, -0.25) is 9.59 Å². The van der Waals surface area contributed by atoms with Crippen LogP contribution in [0.2, 0.25) is 0 Å². The molecule has 1 heterocycles. The molecule has 1 aliphatic heterocycles. The van der Waals surface area contributed by atoms with Gasteiger partial charge >= 0.3 is 0 Å². The van der Waals surface area contributed by atoms with Crippen LogP contribution in [0.3, 0.4) is 0 Å². The van der Waals surface area contributed by atoms with E-state index < -0.39 is 0 Å². The summed E-state index contributed by atoms with van der Waals surface area (Å²) in [4.78, 5) is 24.6. The van der Waals surface area contributed by atoms with Crippen molar-refractivity contribution in [3.8, 4) is 0 Å². The van der Waals surface area contributed by atoms with Crippen LogP contribution in [0.15, 0.2) is 24.3 Å². The Balaban J connectivity index is 1.88. The number of nitrogens with one attached hydrogen (secondary N) is 1. The molecule has 0 radical (unpaired) electrons. The molecule has 0 spiro atoms. The second-order valence-corrected chi connectivity index (χ2v) is 4.32. The maximum Gasteiger partial charge on any atom is 0.243 e. The number of anilines is 1. The van der Waals surface area contributed by atoms with Crippen LogP contribution in [0, 0.1) is 0 Å². The van der Waals surface area contributed by atoms with Crippen molar-refractivity contribution in [1.82, 2.24) is 4.90 Å². The normalized spacial score (nSPS) is 14.9. The smallest absolute Gasteiger partial charge is 0.243 e. The highest BCUT2D eigenvalue weighted by atomic mass is 16.3. The van der Waals surface area contributed by atoms with Gasteiger partial charge in [0.1, 0.15) is 0 Å². The molecule has 1 fully saturated rings. The Kier molecular flexibility index (Phi) is 3.94. The van der Waals surface area contributed by atoms with Gasteiger partial charge < -0.3 is 15.3 Å². The fourth-order valence-corrected chi connectivity index (χ4v) is 1.94. The summed E-state index contributed by atoms with van der Waals surface area (Å²) in [6, 6.07) is 6.96. The molecule has 96 valence electrons. The fourth-order valence-electron chi connectivity index (χ4n) is 1.94. The average Bonchev–Trinajstić information content (AvgIpc) is 2.76. The first kappa shape index (κ1) is 12.6. The maximum atomic E-state index is 11.7. The van der Waals surface area contributed by atoms with Crippen molar-refractivity contribution < 1.29 is 14.7 Å². The number of amides is 2. The van der Waals surface area contributed by atoms with E-state index in [2.05, 4.69) is 5.32 Å². The number of likely N-dealkylation sites (tertiary alicyclic amines) is 1. The van der Waals surface area contributed by atoms with Crippen molar-refractivity contribution in [1.29, 1.82) is 0 Å². The van der Waals surface area contributed by atoms with Gasteiger partial charge in [0, 0.05) is 18.7 Å². The number of hydrogen-bond acceptors (Lipinski definition) is 3. The van der Waals surface area contributed by atoms with Gasteiger partial charge in [0.2, 0.25) is 11.8 Å². The minimum Gasteiger partial charge on any atom is -0.392 e. The number of carbonyl (C=O) groups excluding carboxylic acids is 2. The first-order valence-electron chi connectivity index (χ1n) is 5.96. The first-order chi connectivity index (χ1) is 8.69. The summed E-state index contributed by atoms with van der Waals surface area (Å²) >= 11 is 0. The quantitative estimate of drug-likeness (QED) is 0.825. The number of nitrogens with zero attached hydrogens (tertiary/aromatic N) is 1. The third-order valence-electron chi connectivity index (χ3n) is 2.93. The van der Waals surface area contributed by atoms with Crippen LogP contribution in [0.25, 0.3) is 0 Å². The number of hydrogen-bond donors (Lipinski definition) is 2. The molecule has 1 aliphatic rings. The van der Waals surface area contributed by atoms with Crippen LogP contribution in [-0.4, -0.2) is 34.9 Å². The Bertz CT molecular complexity index is 442. The number of aliphatic hydroxyl groups is 1. The van der Waals surface area contributed by atoms with Crippen LogP contribution in [-0.2, 0) is 16.2 Å². The van der Waals surface area contributed by atoms with Crippen molar-refractivity contribution in [3.05, 3.63) is 29.8 Å². The topological polar surface area (TPSA) is 69.6 Å². The van der Waals surface area contributed by atoms with Gasteiger partial charge in [-0.15, -0.1) is 0 Å². The number of rotatable bonds is 4. The highest BCUT2D eigenvalue weighted by Crippen LogP contribution is 2.11. The molecule has 2 rings (SSSR count). The van der Waals surface area contributed by atoms with Crippen LogP contribution in [0.1, 0.15) is 18.4 Å². The van der Waals surface area contributed by atoms with E-state index in [4.69, 9.17) is 5.11 Å². The van der Waals surface area contributed by atoms with Crippen LogP contribution in [0.5, 0.6) is 0 Å². The lowest BCUT2D eigenvalue weighted by atomic mass is 10.2. The lowest BCUT2D eigenvalue weighted by Gasteiger charge is -2.15. The SMILES string of the molecule is O=C(CN1CCCC1=O)Nc1ccc(CO)cc1. The summed E-state index contributed by atoms with van der Waals surface area (Å²) in [6.07, 6.45) is 1.37. The molecule has 1 saturated heterocycles. The van der Waals surface area contributed by atoms with E-state index in [1.165, 1.54) is 0 Å². The Hall–Kier alpha value is -1.88. The Labute approximate surface area is 105 Å². The Morgan fingerprint density at radius 2 is 2.06 bits per heavy atom. The molecular formula is C13H16N2O3. The number of aliphatic hydroxyl groups excluding tert-OH is 1. The highest BCUT2D eigenvalue weighted by Gasteiger charge is 2.22. The minimum atomic E-state index is -0.193. The van der Waals surface area contributed by atoms with Crippen LogP contribution >= 0.6 is 0 Å². The first-order valence-corrected chi connectivity index (χ1v) is 5.96. The molecule has 0 atom stereocenters. The van der Waals surface area contributed by atoms with E-state index in [1.807, 2.05) is 0 Å². The third-order valence-corrected chi connectivity index (χ3v) is 2.93. The van der Waals surface area contributed by atoms with Crippen LogP contribution in [0.4, 0.5) is 5.69 Å². The summed E-state index contributed by atoms with van der Waals surface area (Å²) in [5.74, 6) is -0.150. The van der Waals surface area contributed by atoms with Gasteiger partial charge in [-0.25, -0.2) is 0 Å². The van der Waals surface area contributed by atoms with Gasteiger partial charge in [-0.2, -0.15) is 0 Å². The van der Waals surface area contributed by atoms with Gasteiger partial charge in [-0.1, -0.05) is 12.1 Å². The van der Waals surface area contributed by atoms with E-state index >= 15 is 0 Å². The van der Waals surface area contributed by atoms with E-state index in [-0.39, 0.29) is 25.0 Å². The monoisotopic (exact) mass is 248 g/mol. The summed E-state index contributed by atoms with van der Waals surface area (Å²) in [5.41, 5.74) is 1.46. The lowest BCUT2D eigenvalue weighted by molar-refractivity contribution is -0.131. The maximum absolute atomic E-state index is 11.7. The van der Waals surface area contributed by atoms with Gasteiger partial charge in [0.25, 0.3) is 0 Å². The van der Waals surface area contributed by atoms with Crippen molar-refractivity contribution in [3.63, 3.8) is 0 Å². The molecule has 1 aromatic rings. The fraction of sp³-hybridized carbons (Fsp3) is 0.385. The predicted molar refractivity (Wildman–Crippen MR) is 66.8 cm³/mol. The molecular weight excluding hydrogens is 232 g/mol. The van der Waals surface area contributed by atoms with E-state index in [0.717, 1.165) is 12.0 Å². The summed E-state index contributed by atoms with van der Waals surface area (Å²) in [6.45, 7) is 0.757. The van der Waals surface area contributed by atoms with Crippen molar-refractivity contribution in [2.75, 3.05) is 18.4 Å². The van der Waals surface area contributed by atoms with Gasteiger partial charge in [-0.05, 0) is 24.1 Å². The second-order valence-electron chi connectivity index (χ2n) is 4.32. The zero-order valence-electron chi connectivity index (χ0n) is 10.1. The van der Waals surface area contributed by atoms with Gasteiger partial charge in [0.15, 0.2) is 0 Å². The largest absolute Gasteiger partial charge is 0.392 e. The molecule has 2 amide bonds. The highest BCUT2D eigenvalue weighted by molar-refractivity contribution is 5.94. The second kappa shape index (κ2) is 5.64. The Morgan fingerprint density at radius 1 is 1.33 bits per heavy atom. The Morgan fingerprint density at radius 3 is 2.61 bits per heavy atom. The molecule has 0 aliphatic carbocycles. The minimum absolute atomic E-state index is 0.0174. The summed E-state index contributed by atoms with van der Waals surface area (Å²) in [7, 11) is 0. The van der Waals surface area contributed by atoms with E-state index in [0.29, 0.717) is 18.7 Å². The van der Waals surface area contributed by atoms with E-state index in [9.17, 15) is 9.59 Å². The summed E-state index contributed by atoms with van der Waals surface area (Å²) in [5, 5.41) is 11.6. The van der Waals surface area contributed by atoms with Crippen molar-refractivity contribution in [2.45, 2.75) is 19.4 Å². The van der Waals surface area contributed by atoms with Crippen molar-refractivity contribution in [2.24, 2.45) is 0 Å². The summed E-state index contributed by atoms with van der Waals surface area (Å²) < 4.78 is 0. The van der Waals surface area contributed by atoms with Crippen molar-refractivity contribution >= 4 is 17.5 Å². The molecule has 18 heavy (non-hydrogen) atoms. The molecule has 0 bridgehead atoms. The van der Waals surface area contributed by atoms with E-state index in [1.54, 1.807) is 29.2 Å². The number of carbonyl (C=O) groups is 2. The molecule has 0 unspecified atom stereocenters. The average molecular weight is 248 g/mol. The molecule has 5 nitrogen and oxygen atoms in total. The molecule has 2 N–H and O–H groups in total. The van der Waals surface area contributed by atoms with Crippen LogP contribution < -0.4 is 5.32 Å². The lowest BCUT2D eigenvalue weighted by Crippen LogP contribution is -2.33. The molecule has 0 aromatic heterocycles. The zero-order chi connectivity index (χ0) is 13.0. The molecule has 0 saturated carbocycles. The zero-order valence-corrected chi connectivity index (χ0v) is 10.1. The third kappa shape index (κ3) is 3.07. The molecule has 5 heteroatoms. The standard InChI is InChI=1S/C13H16N2O3/c16-9-10-3-5-11(6-4-10)14-12(17)8-15-7-1-2-13(15)18/h3-6,16H,1-2,7-9H2,(H,14,17).